The van der Waals surface area contributed by atoms with E-state index < -0.39 is 0 Å². The van der Waals surface area contributed by atoms with Gasteiger partial charge in [-0.05, 0) is 57.6 Å². The minimum atomic E-state index is -0.347. The number of fused-ring (bicyclic) bond motifs is 3. The number of para-hydroxylation sites is 1. The van der Waals surface area contributed by atoms with E-state index in [1.165, 1.54) is 11.1 Å². The number of hydrogen-bond donors (Lipinski definition) is 1. The zero-order chi connectivity index (χ0) is 32.8. The van der Waals surface area contributed by atoms with E-state index in [0.717, 1.165) is 61.1 Å². The lowest BCUT2D eigenvalue weighted by atomic mass is 9.97. The second kappa shape index (κ2) is 13.7. The standard InChI is InChI=1S/C45H33N3O/c1-4-12-32(13-5-1)30-46-45(37-16-8-3-9-17-37)47-31-33-20-26-38(27-21-33)48-43-39(28-29-41-40-18-10-11-19-42(40)49-44(41)43)36-24-22-35(23-25-36)34-14-6-2-7-15-34/h1-31,45,48H. The Morgan fingerprint density at radius 3 is 1.76 bits per heavy atom. The van der Waals surface area contributed by atoms with Crippen molar-refractivity contribution in [3.05, 3.63) is 193 Å². The van der Waals surface area contributed by atoms with Gasteiger partial charge in [-0.2, -0.15) is 0 Å². The number of anilines is 2. The van der Waals surface area contributed by atoms with E-state index in [2.05, 4.69) is 115 Å². The molecule has 0 saturated carbocycles. The molecule has 0 amide bonds. The maximum absolute atomic E-state index is 6.50. The monoisotopic (exact) mass is 631 g/mol. The molecule has 4 heteroatoms. The summed E-state index contributed by atoms with van der Waals surface area (Å²) < 4.78 is 6.50. The molecule has 49 heavy (non-hydrogen) atoms. The van der Waals surface area contributed by atoms with Gasteiger partial charge < -0.3 is 9.73 Å². The summed E-state index contributed by atoms with van der Waals surface area (Å²) in [5.41, 5.74) is 11.2. The highest BCUT2D eigenvalue weighted by molar-refractivity contribution is 6.12. The van der Waals surface area contributed by atoms with Gasteiger partial charge in [0.1, 0.15) is 5.58 Å². The normalized spacial score (nSPS) is 12.2. The quantitative estimate of drug-likeness (QED) is 0.161. The Morgan fingerprint density at radius 1 is 0.469 bits per heavy atom. The lowest BCUT2D eigenvalue weighted by Crippen LogP contribution is -1.96. The molecule has 1 unspecified atom stereocenters. The van der Waals surface area contributed by atoms with Crippen LogP contribution < -0.4 is 5.32 Å². The highest BCUT2D eigenvalue weighted by Gasteiger charge is 2.16. The van der Waals surface area contributed by atoms with Crippen molar-refractivity contribution in [3.63, 3.8) is 0 Å². The van der Waals surface area contributed by atoms with Gasteiger partial charge in [0.2, 0.25) is 0 Å². The van der Waals surface area contributed by atoms with Crippen molar-refractivity contribution in [2.75, 3.05) is 5.32 Å². The number of hydrogen-bond acceptors (Lipinski definition) is 4. The van der Waals surface area contributed by atoms with Gasteiger partial charge in [-0.25, -0.2) is 0 Å². The maximum atomic E-state index is 6.50. The molecule has 0 aliphatic rings. The largest absolute Gasteiger partial charge is 0.454 e. The maximum Gasteiger partial charge on any atom is 0.165 e. The summed E-state index contributed by atoms with van der Waals surface area (Å²) >= 11 is 0. The predicted molar refractivity (Wildman–Crippen MR) is 205 cm³/mol. The van der Waals surface area contributed by atoms with Gasteiger partial charge in [-0.1, -0.05) is 152 Å². The predicted octanol–water partition coefficient (Wildman–Crippen LogP) is 11.9. The molecule has 1 atom stereocenters. The van der Waals surface area contributed by atoms with Crippen LogP contribution in [0.1, 0.15) is 22.9 Å². The van der Waals surface area contributed by atoms with Crippen LogP contribution in [0.15, 0.2) is 190 Å². The van der Waals surface area contributed by atoms with Crippen LogP contribution >= 0.6 is 0 Å². The Bertz CT molecular complexity index is 2380. The van der Waals surface area contributed by atoms with Crippen LogP contribution in [-0.2, 0) is 0 Å². The molecule has 0 bridgehead atoms. The summed E-state index contributed by atoms with van der Waals surface area (Å²) in [7, 11) is 0. The molecule has 1 aromatic heterocycles. The van der Waals surface area contributed by atoms with E-state index in [4.69, 9.17) is 14.4 Å². The van der Waals surface area contributed by atoms with Crippen molar-refractivity contribution >= 4 is 45.7 Å². The number of nitrogens with zero attached hydrogens (tertiary/aromatic N) is 2. The van der Waals surface area contributed by atoms with Gasteiger partial charge in [0.05, 0.1) is 5.69 Å². The molecule has 1 N–H and O–H groups in total. The number of rotatable bonds is 9. The van der Waals surface area contributed by atoms with Crippen LogP contribution in [0, 0.1) is 0 Å². The van der Waals surface area contributed by atoms with Crippen molar-refractivity contribution in [2.24, 2.45) is 9.98 Å². The number of nitrogens with one attached hydrogen (secondary N) is 1. The summed E-state index contributed by atoms with van der Waals surface area (Å²) in [5.74, 6) is 0. The fourth-order valence-corrected chi connectivity index (χ4v) is 6.11. The first-order valence-electron chi connectivity index (χ1n) is 16.4. The third-order valence-corrected chi connectivity index (χ3v) is 8.66. The van der Waals surface area contributed by atoms with Crippen molar-refractivity contribution in [3.8, 4) is 22.3 Å². The van der Waals surface area contributed by atoms with Crippen LogP contribution in [-0.4, -0.2) is 12.4 Å². The summed E-state index contributed by atoms with van der Waals surface area (Å²) in [6.45, 7) is 0. The Kier molecular flexibility index (Phi) is 8.34. The second-order valence-corrected chi connectivity index (χ2v) is 11.9. The lowest BCUT2D eigenvalue weighted by molar-refractivity contribution is 0.670. The number of benzene rings is 7. The molecule has 8 aromatic rings. The minimum absolute atomic E-state index is 0.347. The molecule has 0 radical (unpaired) electrons. The van der Waals surface area contributed by atoms with Crippen molar-refractivity contribution in [1.82, 2.24) is 0 Å². The minimum Gasteiger partial charge on any atom is -0.454 e. The second-order valence-electron chi connectivity index (χ2n) is 11.9. The Balaban J connectivity index is 1.11. The van der Waals surface area contributed by atoms with E-state index in [1.807, 2.05) is 79.2 Å². The van der Waals surface area contributed by atoms with Gasteiger partial charge in [0, 0.05) is 34.5 Å². The highest BCUT2D eigenvalue weighted by Crippen LogP contribution is 2.41. The van der Waals surface area contributed by atoms with E-state index in [-0.39, 0.29) is 6.17 Å². The lowest BCUT2D eigenvalue weighted by Gasteiger charge is -2.14. The van der Waals surface area contributed by atoms with Crippen molar-refractivity contribution in [2.45, 2.75) is 6.17 Å². The molecule has 0 aliphatic heterocycles. The zero-order valence-electron chi connectivity index (χ0n) is 26.8. The Morgan fingerprint density at radius 2 is 1.04 bits per heavy atom. The van der Waals surface area contributed by atoms with Gasteiger partial charge in [-0.15, -0.1) is 0 Å². The first-order valence-corrected chi connectivity index (χ1v) is 16.4. The molecule has 4 nitrogen and oxygen atoms in total. The first kappa shape index (κ1) is 29.9. The summed E-state index contributed by atoms with van der Waals surface area (Å²) in [5, 5.41) is 5.89. The van der Waals surface area contributed by atoms with Gasteiger partial charge in [0.25, 0.3) is 0 Å². The molecule has 8 rings (SSSR count). The molecule has 234 valence electrons. The van der Waals surface area contributed by atoms with Gasteiger partial charge in [0.15, 0.2) is 11.7 Å². The van der Waals surface area contributed by atoms with Crippen LogP contribution in [0.3, 0.4) is 0 Å². The molecular weight excluding hydrogens is 599 g/mol. The molecule has 0 spiro atoms. The van der Waals surface area contributed by atoms with E-state index in [9.17, 15) is 0 Å². The topological polar surface area (TPSA) is 49.9 Å². The summed E-state index contributed by atoms with van der Waals surface area (Å²) in [6, 6.07) is 60.3. The molecule has 0 saturated heterocycles. The summed E-state index contributed by atoms with van der Waals surface area (Å²) in [4.78, 5) is 9.70. The van der Waals surface area contributed by atoms with Crippen LogP contribution in [0.25, 0.3) is 44.2 Å². The Hall–Kier alpha value is -6.52. The average Bonchev–Trinajstić information content (AvgIpc) is 3.56. The summed E-state index contributed by atoms with van der Waals surface area (Å²) in [6.07, 6.45) is 3.43. The third-order valence-electron chi connectivity index (χ3n) is 8.66. The van der Waals surface area contributed by atoms with Crippen molar-refractivity contribution in [1.29, 1.82) is 0 Å². The van der Waals surface area contributed by atoms with Gasteiger partial charge >= 0.3 is 0 Å². The molecule has 7 aromatic carbocycles. The molecule has 1 heterocycles. The van der Waals surface area contributed by atoms with Crippen molar-refractivity contribution < 1.29 is 4.42 Å². The van der Waals surface area contributed by atoms with E-state index in [0.29, 0.717) is 0 Å². The first-order chi connectivity index (χ1) is 24.3. The molecule has 0 aliphatic carbocycles. The van der Waals surface area contributed by atoms with Gasteiger partial charge in [-0.3, -0.25) is 9.98 Å². The third kappa shape index (κ3) is 6.53. The smallest absolute Gasteiger partial charge is 0.165 e. The fraction of sp³-hybridized carbons (Fsp3) is 0.0222. The van der Waals surface area contributed by atoms with E-state index in [1.54, 1.807) is 0 Å². The van der Waals surface area contributed by atoms with Crippen LogP contribution in [0.5, 0.6) is 0 Å². The van der Waals surface area contributed by atoms with E-state index >= 15 is 0 Å². The number of aliphatic imine (C=N–C) groups is 2. The molecule has 0 fully saturated rings. The zero-order valence-corrected chi connectivity index (χ0v) is 26.8. The number of furan rings is 1. The Labute approximate surface area is 285 Å². The fourth-order valence-electron chi connectivity index (χ4n) is 6.11. The SMILES string of the molecule is C(=NC(N=Cc1ccc(Nc2c(-c3ccc(-c4ccccc4)cc3)ccc3c2oc2ccccc23)cc1)c1ccccc1)c1ccccc1. The highest BCUT2D eigenvalue weighted by atomic mass is 16.3. The average molecular weight is 632 g/mol. The van der Waals surface area contributed by atoms with Crippen LogP contribution in [0.2, 0.25) is 0 Å². The van der Waals surface area contributed by atoms with Crippen LogP contribution in [0.4, 0.5) is 11.4 Å². The molecular formula is C45H33N3O.